The van der Waals surface area contributed by atoms with Crippen LogP contribution in [0.25, 0.3) is 0 Å². The Morgan fingerprint density at radius 1 is 1.05 bits per heavy atom. The van der Waals surface area contributed by atoms with Crippen LogP contribution >= 0.6 is 24.2 Å². The second-order valence-electron chi connectivity index (χ2n) is 4.82. The third kappa shape index (κ3) is 2.63. The minimum atomic E-state index is -0.368. The number of nitrogens with zero attached hydrogens (tertiary/aromatic N) is 1. The number of hydrogen-bond acceptors (Lipinski definition) is 4. The summed E-state index contributed by atoms with van der Waals surface area (Å²) in [6.07, 6.45) is 0.592. The van der Waals surface area contributed by atoms with Crippen LogP contribution in [0.4, 0.5) is 0 Å². The second kappa shape index (κ2) is 5.90. The molecule has 2 aromatic carbocycles. The van der Waals surface area contributed by atoms with Crippen molar-refractivity contribution in [1.29, 1.82) is 0 Å². The maximum absolute atomic E-state index is 12.5. The molecule has 1 aliphatic heterocycles. The Morgan fingerprint density at radius 2 is 1.77 bits per heavy atom. The van der Waals surface area contributed by atoms with Crippen LogP contribution in [-0.4, -0.2) is 20.4 Å². The van der Waals surface area contributed by atoms with E-state index in [-0.39, 0.29) is 16.1 Å². The van der Waals surface area contributed by atoms with Gasteiger partial charge in [0.15, 0.2) is 4.32 Å². The molecule has 22 heavy (non-hydrogen) atoms. The minimum Gasteiger partial charge on any atom is -0.383 e. The fourth-order valence-corrected chi connectivity index (χ4v) is 3.23. The topological polar surface area (TPSA) is 63.4 Å². The number of rotatable bonds is 3. The molecule has 2 N–H and O–H groups in total. The highest BCUT2D eigenvalue weighted by Crippen LogP contribution is 2.31. The molecule has 0 spiro atoms. The summed E-state index contributed by atoms with van der Waals surface area (Å²) in [5.74, 6) is -0.725. The molecular formula is C16H12N2O2S2. The predicted octanol–water partition coefficient (Wildman–Crippen LogP) is 2.77. The Morgan fingerprint density at radius 3 is 2.45 bits per heavy atom. The van der Waals surface area contributed by atoms with Gasteiger partial charge in [-0.1, -0.05) is 54.7 Å². The summed E-state index contributed by atoms with van der Waals surface area (Å²) >= 11 is 5.57. The normalized spacial score (nSPS) is 13.4. The van der Waals surface area contributed by atoms with Crippen molar-refractivity contribution in [3.05, 3.63) is 70.8 Å². The van der Waals surface area contributed by atoms with Crippen LogP contribution in [0.1, 0.15) is 31.8 Å². The van der Waals surface area contributed by atoms with Gasteiger partial charge in [-0.3, -0.25) is 9.59 Å². The van der Waals surface area contributed by atoms with Gasteiger partial charge in [-0.25, -0.2) is 4.31 Å². The predicted molar refractivity (Wildman–Crippen MR) is 90.6 cm³/mol. The van der Waals surface area contributed by atoms with Gasteiger partial charge in [0.25, 0.3) is 11.8 Å². The van der Waals surface area contributed by atoms with E-state index in [1.807, 2.05) is 36.4 Å². The zero-order valence-corrected chi connectivity index (χ0v) is 13.1. The van der Waals surface area contributed by atoms with Gasteiger partial charge >= 0.3 is 0 Å². The first kappa shape index (κ1) is 14.7. The fourth-order valence-electron chi connectivity index (χ4n) is 2.47. The van der Waals surface area contributed by atoms with Crippen LogP contribution < -0.4 is 5.73 Å². The first-order valence-electron chi connectivity index (χ1n) is 6.60. The molecule has 0 aliphatic carbocycles. The van der Waals surface area contributed by atoms with E-state index >= 15 is 0 Å². The van der Waals surface area contributed by atoms with E-state index in [9.17, 15) is 9.59 Å². The lowest BCUT2D eigenvalue weighted by molar-refractivity contribution is 0.0778. The molecule has 0 radical (unpaired) electrons. The Kier molecular flexibility index (Phi) is 3.96. The zero-order chi connectivity index (χ0) is 15.7. The highest BCUT2D eigenvalue weighted by molar-refractivity contribution is 8.22. The minimum absolute atomic E-state index is 0.0408. The maximum Gasteiger partial charge on any atom is 0.272 e. The molecule has 110 valence electrons. The van der Waals surface area contributed by atoms with Crippen molar-refractivity contribution in [1.82, 2.24) is 4.31 Å². The van der Waals surface area contributed by atoms with Crippen LogP contribution in [-0.2, 0) is 6.42 Å². The van der Waals surface area contributed by atoms with E-state index in [4.69, 9.17) is 18.0 Å². The van der Waals surface area contributed by atoms with E-state index in [0.717, 1.165) is 27.4 Å². The van der Waals surface area contributed by atoms with Crippen molar-refractivity contribution in [2.75, 3.05) is 0 Å². The van der Waals surface area contributed by atoms with Crippen LogP contribution in [0.15, 0.2) is 48.5 Å². The van der Waals surface area contributed by atoms with Crippen LogP contribution in [0.2, 0.25) is 0 Å². The molecular weight excluding hydrogens is 316 g/mol. The van der Waals surface area contributed by atoms with Crippen molar-refractivity contribution >= 4 is 40.3 Å². The van der Waals surface area contributed by atoms with E-state index in [0.29, 0.717) is 17.5 Å². The molecule has 0 aromatic heterocycles. The first-order valence-corrected chi connectivity index (χ1v) is 7.78. The summed E-state index contributed by atoms with van der Waals surface area (Å²) in [5, 5.41) is 0. The molecule has 1 aliphatic rings. The van der Waals surface area contributed by atoms with E-state index in [1.54, 1.807) is 12.1 Å². The number of fused-ring (bicyclic) bond motifs is 1. The molecule has 0 saturated heterocycles. The van der Waals surface area contributed by atoms with E-state index in [2.05, 4.69) is 0 Å². The third-order valence-electron chi connectivity index (χ3n) is 3.38. The van der Waals surface area contributed by atoms with Crippen molar-refractivity contribution in [3.8, 4) is 0 Å². The highest BCUT2D eigenvalue weighted by atomic mass is 32.2. The molecule has 3 rings (SSSR count). The van der Waals surface area contributed by atoms with Gasteiger partial charge in [0.1, 0.15) is 0 Å². The molecule has 0 atom stereocenters. The van der Waals surface area contributed by atoms with Crippen molar-refractivity contribution in [2.45, 2.75) is 6.42 Å². The molecule has 4 nitrogen and oxygen atoms in total. The van der Waals surface area contributed by atoms with Crippen LogP contribution in [0, 0.1) is 0 Å². The number of amides is 2. The van der Waals surface area contributed by atoms with Gasteiger partial charge in [0.2, 0.25) is 0 Å². The van der Waals surface area contributed by atoms with Gasteiger partial charge in [-0.05, 0) is 23.6 Å². The number of hydrogen-bond donors (Lipinski definition) is 1. The van der Waals surface area contributed by atoms with Gasteiger partial charge in [0.05, 0.1) is 11.1 Å². The van der Waals surface area contributed by atoms with Crippen LogP contribution in [0.5, 0.6) is 0 Å². The van der Waals surface area contributed by atoms with Gasteiger partial charge < -0.3 is 5.73 Å². The Bertz CT molecular complexity index is 775. The van der Waals surface area contributed by atoms with Gasteiger partial charge in [-0.2, -0.15) is 0 Å². The molecule has 1 heterocycles. The largest absolute Gasteiger partial charge is 0.383 e. The summed E-state index contributed by atoms with van der Waals surface area (Å²) in [5.41, 5.74) is 8.20. The smallest absolute Gasteiger partial charge is 0.272 e. The fraction of sp³-hybridized carbons (Fsp3) is 0.0625. The Hall–Kier alpha value is -2.18. The number of carbonyl (C=O) groups excluding carboxylic acids is 2. The molecule has 2 amide bonds. The van der Waals surface area contributed by atoms with E-state index < -0.39 is 0 Å². The highest BCUT2D eigenvalue weighted by Gasteiger charge is 2.38. The summed E-state index contributed by atoms with van der Waals surface area (Å²) in [6, 6.07) is 15.1. The van der Waals surface area contributed by atoms with Crippen molar-refractivity contribution in [2.24, 2.45) is 5.73 Å². The van der Waals surface area contributed by atoms with Crippen LogP contribution in [0.3, 0.4) is 0 Å². The lowest BCUT2D eigenvalue weighted by Gasteiger charge is -2.10. The average Bonchev–Trinajstić information content (AvgIpc) is 2.74. The van der Waals surface area contributed by atoms with Crippen molar-refractivity contribution < 1.29 is 9.59 Å². The monoisotopic (exact) mass is 328 g/mol. The Labute approximate surface area is 137 Å². The standard InChI is InChI=1S/C16H12N2O2S2/c17-16(21)22-18-14(19)12-8-4-7-11(13(12)15(18)20)9-10-5-2-1-3-6-10/h1-8H,9H2,(H2,17,21). The summed E-state index contributed by atoms with van der Waals surface area (Å²) in [7, 11) is 0. The maximum atomic E-state index is 12.5. The summed E-state index contributed by atoms with van der Waals surface area (Å²) in [6.45, 7) is 0. The summed E-state index contributed by atoms with van der Waals surface area (Å²) in [4.78, 5) is 24.8. The number of nitrogens with two attached hydrogens (primary N) is 1. The second-order valence-corrected chi connectivity index (χ2v) is 6.50. The molecule has 2 aromatic rings. The molecule has 0 unspecified atom stereocenters. The third-order valence-corrected chi connectivity index (χ3v) is 4.30. The molecule has 0 saturated carbocycles. The van der Waals surface area contributed by atoms with Gasteiger partial charge in [0, 0.05) is 11.9 Å². The number of thiocarbonyl (C=S) groups is 1. The van der Waals surface area contributed by atoms with Gasteiger partial charge in [-0.15, -0.1) is 0 Å². The number of benzene rings is 2. The quantitative estimate of drug-likeness (QED) is 0.533. The SMILES string of the molecule is NC(=S)SN1C(=O)c2cccc(Cc3ccccc3)c2C1=O. The number of imide groups is 1. The Balaban J connectivity index is 2.00. The average molecular weight is 328 g/mol. The van der Waals surface area contributed by atoms with E-state index in [1.165, 1.54) is 0 Å². The zero-order valence-electron chi connectivity index (χ0n) is 11.5. The lowest BCUT2D eigenvalue weighted by atomic mass is 9.97. The molecule has 0 bridgehead atoms. The first-order chi connectivity index (χ1) is 10.6. The lowest BCUT2D eigenvalue weighted by Crippen LogP contribution is -2.26. The molecule has 6 heteroatoms. The summed E-state index contributed by atoms with van der Waals surface area (Å²) < 4.78 is 1.07. The van der Waals surface area contributed by atoms with Crippen molar-refractivity contribution in [3.63, 3.8) is 0 Å². The molecule has 0 fully saturated rings. The number of carbonyl (C=O) groups is 2.